The van der Waals surface area contributed by atoms with E-state index >= 15 is 0 Å². The maximum Gasteiger partial charge on any atom is 0.258 e. The average molecular weight is 322 g/mol. The third kappa shape index (κ3) is 2.81. The van der Waals surface area contributed by atoms with Crippen LogP contribution in [-0.2, 0) is 5.88 Å². The van der Waals surface area contributed by atoms with Gasteiger partial charge < -0.3 is 4.98 Å². The van der Waals surface area contributed by atoms with E-state index in [1.807, 2.05) is 0 Å². The number of anilines is 1. The molecule has 2 aromatic heterocycles. The Balaban J connectivity index is 1.84. The van der Waals surface area contributed by atoms with Crippen molar-refractivity contribution in [1.29, 1.82) is 0 Å². The number of nitrogens with zero attached hydrogens (tertiary/aromatic N) is 3. The minimum Gasteiger partial charge on any atom is -0.341 e. The molecule has 0 saturated carbocycles. The highest BCUT2D eigenvalue weighted by Gasteiger charge is 2.12. The first kappa shape index (κ1) is 13.8. The van der Waals surface area contributed by atoms with Crippen molar-refractivity contribution in [3.05, 3.63) is 46.9 Å². The lowest BCUT2D eigenvalue weighted by molar-refractivity contribution is 0.102. The number of hydrogen-bond acceptors (Lipinski definition) is 4. The van der Waals surface area contributed by atoms with Gasteiger partial charge in [-0.1, -0.05) is 23.7 Å². The molecule has 1 aromatic carbocycles. The molecule has 0 aliphatic heterocycles. The van der Waals surface area contributed by atoms with Gasteiger partial charge in [0.15, 0.2) is 10.8 Å². The first-order chi connectivity index (χ1) is 10.2. The lowest BCUT2D eigenvalue weighted by Gasteiger charge is -2.04. The molecule has 0 aliphatic rings. The molecule has 0 unspecified atom stereocenters. The zero-order valence-corrected chi connectivity index (χ0v) is 12.1. The van der Waals surface area contributed by atoms with Crippen LogP contribution in [0.3, 0.4) is 0 Å². The molecule has 106 valence electrons. The molecule has 2 N–H and O–H groups in total. The van der Waals surface area contributed by atoms with Crippen molar-refractivity contribution in [1.82, 2.24) is 19.9 Å². The second-order valence-corrected chi connectivity index (χ2v) is 4.85. The maximum absolute atomic E-state index is 12.1. The SMILES string of the molecule is O=C(Nc1nc(Cl)c2[nH]cnc2n1)c1ccc(CCl)cc1. The van der Waals surface area contributed by atoms with E-state index < -0.39 is 0 Å². The molecule has 21 heavy (non-hydrogen) atoms. The van der Waals surface area contributed by atoms with Crippen LogP contribution >= 0.6 is 23.2 Å². The second-order valence-electron chi connectivity index (χ2n) is 4.22. The molecule has 3 rings (SSSR count). The van der Waals surface area contributed by atoms with Crippen molar-refractivity contribution < 1.29 is 4.79 Å². The Morgan fingerprint density at radius 2 is 2.00 bits per heavy atom. The number of hydrogen-bond donors (Lipinski definition) is 2. The molecule has 1 amide bonds. The zero-order chi connectivity index (χ0) is 14.8. The normalized spacial score (nSPS) is 10.8. The fourth-order valence-corrected chi connectivity index (χ4v) is 2.17. The first-order valence-electron chi connectivity index (χ1n) is 6.00. The number of H-pyrrole nitrogens is 1. The zero-order valence-electron chi connectivity index (χ0n) is 10.6. The summed E-state index contributed by atoms with van der Waals surface area (Å²) >= 11 is 11.7. The minimum absolute atomic E-state index is 0.103. The van der Waals surface area contributed by atoms with Crippen molar-refractivity contribution >= 4 is 46.2 Å². The average Bonchev–Trinajstić information content (AvgIpc) is 2.96. The summed E-state index contributed by atoms with van der Waals surface area (Å²) in [4.78, 5) is 27.0. The predicted octanol–water partition coefficient (Wildman–Crippen LogP) is 3.00. The Kier molecular flexibility index (Phi) is 3.72. The summed E-state index contributed by atoms with van der Waals surface area (Å²) < 4.78 is 0. The Bertz CT molecular complexity index is 800. The predicted molar refractivity (Wildman–Crippen MR) is 80.6 cm³/mol. The number of benzene rings is 1. The van der Waals surface area contributed by atoms with E-state index in [0.717, 1.165) is 5.56 Å². The van der Waals surface area contributed by atoms with Crippen LogP contribution < -0.4 is 5.32 Å². The van der Waals surface area contributed by atoms with Crippen LogP contribution in [0.5, 0.6) is 0 Å². The topological polar surface area (TPSA) is 83.6 Å². The van der Waals surface area contributed by atoms with Crippen molar-refractivity contribution in [3.8, 4) is 0 Å². The van der Waals surface area contributed by atoms with Gasteiger partial charge in [-0.3, -0.25) is 10.1 Å². The summed E-state index contributed by atoms with van der Waals surface area (Å²) in [5.74, 6) is 0.171. The number of imidazole rings is 1. The van der Waals surface area contributed by atoms with Gasteiger partial charge in [0.2, 0.25) is 5.95 Å². The molecule has 6 nitrogen and oxygen atoms in total. The Labute approximate surface area is 129 Å². The lowest BCUT2D eigenvalue weighted by Crippen LogP contribution is -2.14. The van der Waals surface area contributed by atoms with E-state index in [-0.39, 0.29) is 17.0 Å². The number of aromatic amines is 1. The largest absolute Gasteiger partial charge is 0.341 e. The van der Waals surface area contributed by atoms with E-state index in [1.54, 1.807) is 24.3 Å². The van der Waals surface area contributed by atoms with Gasteiger partial charge in [-0.2, -0.15) is 9.97 Å². The highest BCUT2D eigenvalue weighted by molar-refractivity contribution is 6.33. The van der Waals surface area contributed by atoms with Gasteiger partial charge >= 0.3 is 0 Å². The van der Waals surface area contributed by atoms with Crippen molar-refractivity contribution in [2.75, 3.05) is 5.32 Å². The highest BCUT2D eigenvalue weighted by Crippen LogP contribution is 2.18. The van der Waals surface area contributed by atoms with Crippen LogP contribution in [0.25, 0.3) is 11.2 Å². The summed E-state index contributed by atoms with van der Waals surface area (Å²) in [5.41, 5.74) is 2.33. The van der Waals surface area contributed by atoms with E-state index in [4.69, 9.17) is 23.2 Å². The number of alkyl halides is 1. The van der Waals surface area contributed by atoms with Gasteiger partial charge in [-0.15, -0.1) is 11.6 Å². The lowest BCUT2D eigenvalue weighted by atomic mass is 10.1. The number of halogens is 2. The molecule has 0 aliphatic carbocycles. The number of rotatable bonds is 3. The smallest absolute Gasteiger partial charge is 0.258 e. The number of amides is 1. The summed E-state index contributed by atoms with van der Waals surface area (Å²) in [7, 11) is 0. The van der Waals surface area contributed by atoms with Crippen molar-refractivity contribution in [2.24, 2.45) is 0 Å². The number of aromatic nitrogens is 4. The molecule has 0 saturated heterocycles. The van der Waals surface area contributed by atoms with Crippen LogP contribution in [0, 0.1) is 0 Å². The molecule has 8 heteroatoms. The molecule has 0 spiro atoms. The standard InChI is InChI=1S/C13H9Cl2N5O/c14-5-7-1-3-8(4-2-7)12(21)20-13-18-10(15)9-11(19-13)17-6-16-9/h1-4,6H,5H2,(H2,16,17,18,19,20,21). The van der Waals surface area contributed by atoms with E-state index in [2.05, 4.69) is 25.3 Å². The molecule has 2 heterocycles. The van der Waals surface area contributed by atoms with E-state index in [1.165, 1.54) is 6.33 Å². The number of carbonyl (C=O) groups is 1. The third-order valence-corrected chi connectivity index (χ3v) is 3.42. The van der Waals surface area contributed by atoms with Crippen LogP contribution in [-0.4, -0.2) is 25.8 Å². The van der Waals surface area contributed by atoms with Gasteiger partial charge in [-0.05, 0) is 17.7 Å². The molecular weight excluding hydrogens is 313 g/mol. The Hall–Kier alpha value is -2.18. The molecule has 0 bridgehead atoms. The van der Waals surface area contributed by atoms with Gasteiger partial charge in [0, 0.05) is 11.4 Å². The van der Waals surface area contributed by atoms with Crippen LogP contribution in [0.15, 0.2) is 30.6 Å². The monoisotopic (exact) mass is 321 g/mol. The Morgan fingerprint density at radius 3 is 2.71 bits per heavy atom. The van der Waals surface area contributed by atoms with Gasteiger partial charge in [-0.25, -0.2) is 4.98 Å². The maximum atomic E-state index is 12.1. The molecule has 0 radical (unpaired) electrons. The fourth-order valence-electron chi connectivity index (χ4n) is 1.77. The molecular formula is C13H9Cl2N5O. The first-order valence-corrected chi connectivity index (χ1v) is 6.91. The molecule has 3 aromatic rings. The van der Waals surface area contributed by atoms with Gasteiger partial charge in [0.1, 0.15) is 5.52 Å². The quantitative estimate of drug-likeness (QED) is 0.573. The van der Waals surface area contributed by atoms with E-state index in [9.17, 15) is 4.79 Å². The number of fused-ring (bicyclic) bond motifs is 1. The number of nitrogens with one attached hydrogen (secondary N) is 2. The third-order valence-electron chi connectivity index (χ3n) is 2.84. The van der Waals surface area contributed by atoms with Gasteiger partial charge in [0.25, 0.3) is 5.91 Å². The van der Waals surface area contributed by atoms with Gasteiger partial charge in [0.05, 0.1) is 6.33 Å². The minimum atomic E-state index is -0.331. The Morgan fingerprint density at radius 1 is 1.24 bits per heavy atom. The highest BCUT2D eigenvalue weighted by atomic mass is 35.5. The van der Waals surface area contributed by atoms with Crippen LogP contribution in [0.1, 0.15) is 15.9 Å². The fraction of sp³-hybridized carbons (Fsp3) is 0.0769. The van der Waals surface area contributed by atoms with E-state index in [0.29, 0.717) is 22.6 Å². The second kappa shape index (κ2) is 5.67. The summed E-state index contributed by atoms with van der Waals surface area (Å²) in [5, 5.41) is 2.79. The summed E-state index contributed by atoms with van der Waals surface area (Å²) in [6.07, 6.45) is 1.46. The molecule has 0 atom stereocenters. The van der Waals surface area contributed by atoms with Crippen LogP contribution in [0.2, 0.25) is 5.15 Å². The van der Waals surface area contributed by atoms with Crippen molar-refractivity contribution in [3.63, 3.8) is 0 Å². The summed E-state index contributed by atoms with van der Waals surface area (Å²) in [6.45, 7) is 0. The van der Waals surface area contributed by atoms with Crippen molar-refractivity contribution in [2.45, 2.75) is 5.88 Å². The van der Waals surface area contributed by atoms with Crippen LogP contribution in [0.4, 0.5) is 5.95 Å². The number of carbonyl (C=O) groups excluding carboxylic acids is 1. The molecule has 0 fully saturated rings. The summed E-state index contributed by atoms with van der Waals surface area (Å²) in [6, 6.07) is 6.93.